The summed E-state index contributed by atoms with van der Waals surface area (Å²) in [6.45, 7) is 8.34. The number of benzene rings is 2. The highest BCUT2D eigenvalue weighted by atomic mass is 14.9. The van der Waals surface area contributed by atoms with Crippen LogP contribution in [0.5, 0.6) is 0 Å². The van der Waals surface area contributed by atoms with Gasteiger partial charge in [-0.2, -0.15) is 0 Å². The molecule has 44 heavy (non-hydrogen) atoms. The normalized spacial score (nSPS) is 14.3. The minimum Gasteiger partial charge on any atom is -0.343 e. The van der Waals surface area contributed by atoms with Crippen LogP contribution in [0.2, 0.25) is 0 Å². The van der Waals surface area contributed by atoms with Crippen LogP contribution in [0.15, 0.2) is 110 Å². The summed E-state index contributed by atoms with van der Waals surface area (Å²) in [4.78, 5) is 12.8. The highest BCUT2D eigenvalue weighted by Gasteiger charge is 2.12. The summed E-state index contributed by atoms with van der Waals surface area (Å²) in [6, 6.07) is 19.6. The number of hydrogen-bond donors (Lipinski definition) is 0. The molecule has 220 valence electrons. The highest BCUT2D eigenvalue weighted by Crippen LogP contribution is 2.33. The molecule has 0 N–H and O–H groups in total. The molecule has 5 heteroatoms. The first-order chi connectivity index (χ1) is 21.5. The quantitative estimate of drug-likeness (QED) is 0.205. The summed E-state index contributed by atoms with van der Waals surface area (Å²) in [5, 5.41) is 4.94. The molecule has 7 aromatic rings. The molecule has 1 aliphatic carbocycles. The van der Waals surface area contributed by atoms with Crippen LogP contribution in [0.1, 0.15) is 38.3 Å². The molecule has 5 nitrogen and oxygen atoms in total. The fourth-order valence-electron chi connectivity index (χ4n) is 6.21. The number of rotatable bonds is 2. The Morgan fingerprint density at radius 2 is 1.20 bits per heavy atom. The highest BCUT2D eigenvalue weighted by molar-refractivity contribution is 6.09. The Morgan fingerprint density at radius 1 is 0.614 bits per heavy atom. The monoisotopic (exact) mass is 577 g/mol. The van der Waals surface area contributed by atoms with Crippen molar-refractivity contribution in [3.05, 3.63) is 121 Å². The molecular formula is C39H39N5. The SMILES string of the molecule is CC.CC1C=C(c2ccc3c4cnccc4n(C)c3c2)C=CC1.Cc1cncc(-c2ccc3c4cnccc4n(C)c3c2)c1. The van der Waals surface area contributed by atoms with Crippen LogP contribution in [0, 0.1) is 12.8 Å². The third-order valence-corrected chi connectivity index (χ3v) is 8.43. The fraction of sp³-hybridized carbons (Fsp3) is 0.205. The predicted molar refractivity (Wildman–Crippen MR) is 187 cm³/mol. The second kappa shape index (κ2) is 12.3. The molecule has 0 fully saturated rings. The molecule has 0 amide bonds. The van der Waals surface area contributed by atoms with Gasteiger partial charge in [0.15, 0.2) is 0 Å². The number of hydrogen-bond acceptors (Lipinski definition) is 3. The number of aromatic nitrogens is 5. The van der Waals surface area contributed by atoms with Crippen molar-refractivity contribution in [1.29, 1.82) is 0 Å². The first-order valence-corrected chi connectivity index (χ1v) is 15.4. The van der Waals surface area contributed by atoms with E-state index >= 15 is 0 Å². The molecule has 8 rings (SSSR count). The van der Waals surface area contributed by atoms with Gasteiger partial charge in [-0.25, -0.2) is 0 Å². The van der Waals surface area contributed by atoms with Gasteiger partial charge in [-0.05, 0) is 71.9 Å². The molecule has 0 aliphatic heterocycles. The van der Waals surface area contributed by atoms with Gasteiger partial charge in [0.25, 0.3) is 0 Å². The van der Waals surface area contributed by atoms with Crippen molar-refractivity contribution in [2.24, 2.45) is 20.0 Å². The van der Waals surface area contributed by atoms with Crippen LogP contribution in [0.4, 0.5) is 0 Å². The molecule has 1 aliphatic rings. The topological polar surface area (TPSA) is 48.5 Å². The van der Waals surface area contributed by atoms with Crippen LogP contribution in [0.3, 0.4) is 0 Å². The Labute approximate surface area is 259 Å². The van der Waals surface area contributed by atoms with Crippen molar-refractivity contribution in [3.63, 3.8) is 0 Å². The smallest absolute Gasteiger partial charge is 0.0519 e. The zero-order valence-electron chi connectivity index (χ0n) is 26.4. The summed E-state index contributed by atoms with van der Waals surface area (Å²) in [5.74, 6) is 0.623. The second-order valence-corrected chi connectivity index (χ2v) is 11.4. The maximum atomic E-state index is 4.29. The second-order valence-electron chi connectivity index (χ2n) is 11.4. The standard InChI is InChI=1S/C19H18N2.C18H15N3.C2H6/c1-13-4-3-5-14(10-13)15-6-7-16-17-12-20-9-8-18(17)21(2)19(16)11-15;1-12-7-14(10-20-9-12)13-3-4-15-16-11-19-6-5-17(16)21(2)18(15)8-13;1-2/h3,5-13H,4H2,1-2H3;3-11H,1-2H3;1-2H3. The van der Waals surface area contributed by atoms with Crippen LogP contribution >= 0.6 is 0 Å². The average molecular weight is 578 g/mol. The van der Waals surface area contributed by atoms with E-state index < -0.39 is 0 Å². The Bertz CT molecular complexity index is 2180. The minimum atomic E-state index is 0.623. The van der Waals surface area contributed by atoms with E-state index in [1.165, 1.54) is 65.9 Å². The molecule has 1 atom stereocenters. The van der Waals surface area contributed by atoms with E-state index in [0.29, 0.717) is 5.92 Å². The van der Waals surface area contributed by atoms with Crippen molar-refractivity contribution >= 4 is 49.2 Å². The van der Waals surface area contributed by atoms with Gasteiger partial charge in [-0.1, -0.05) is 63.3 Å². The van der Waals surface area contributed by atoms with E-state index in [2.05, 4.69) is 125 Å². The van der Waals surface area contributed by atoms with E-state index in [1.807, 2.05) is 51.0 Å². The van der Waals surface area contributed by atoms with E-state index in [0.717, 1.165) is 12.0 Å². The number of nitrogens with zero attached hydrogens (tertiary/aromatic N) is 5. The minimum absolute atomic E-state index is 0.623. The lowest BCUT2D eigenvalue weighted by molar-refractivity contribution is 0.740. The van der Waals surface area contributed by atoms with Gasteiger partial charge in [0.05, 0.1) is 11.0 Å². The molecule has 1 unspecified atom stereocenters. The van der Waals surface area contributed by atoms with Gasteiger partial charge in [0.1, 0.15) is 0 Å². The molecule has 2 aromatic carbocycles. The lowest BCUT2D eigenvalue weighted by Gasteiger charge is -2.12. The van der Waals surface area contributed by atoms with Gasteiger partial charge >= 0.3 is 0 Å². The van der Waals surface area contributed by atoms with Gasteiger partial charge in [0.2, 0.25) is 0 Å². The maximum Gasteiger partial charge on any atom is 0.0519 e. The maximum absolute atomic E-state index is 4.29. The number of pyridine rings is 3. The number of aryl methyl sites for hydroxylation is 3. The van der Waals surface area contributed by atoms with Crippen LogP contribution in [-0.4, -0.2) is 24.1 Å². The summed E-state index contributed by atoms with van der Waals surface area (Å²) in [7, 11) is 4.23. The molecule has 5 aromatic heterocycles. The Kier molecular flexibility index (Phi) is 8.12. The molecule has 0 bridgehead atoms. The van der Waals surface area contributed by atoms with Crippen molar-refractivity contribution < 1.29 is 0 Å². The van der Waals surface area contributed by atoms with Crippen LogP contribution in [0.25, 0.3) is 60.3 Å². The zero-order valence-corrected chi connectivity index (χ0v) is 26.4. The van der Waals surface area contributed by atoms with Crippen LogP contribution in [-0.2, 0) is 14.1 Å². The van der Waals surface area contributed by atoms with Gasteiger partial charge in [-0.15, -0.1) is 0 Å². The Balaban J connectivity index is 0.000000148. The van der Waals surface area contributed by atoms with E-state index in [9.17, 15) is 0 Å². The van der Waals surface area contributed by atoms with Crippen LogP contribution < -0.4 is 0 Å². The first-order valence-electron chi connectivity index (χ1n) is 15.4. The van der Waals surface area contributed by atoms with E-state index in [-0.39, 0.29) is 0 Å². The molecule has 0 spiro atoms. The average Bonchev–Trinajstić information content (AvgIpc) is 3.52. The molecule has 0 saturated carbocycles. The summed E-state index contributed by atoms with van der Waals surface area (Å²) in [5.41, 5.74) is 11.1. The fourth-order valence-corrected chi connectivity index (χ4v) is 6.21. The van der Waals surface area contributed by atoms with Gasteiger partial charge in [0, 0.05) is 89.4 Å². The zero-order chi connectivity index (χ0) is 30.8. The molecule has 0 radical (unpaired) electrons. The van der Waals surface area contributed by atoms with Crippen molar-refractivity contribution in [3.8, 4) is 11.1 Å². The lowest BCUT2D eigenvalue weighted by Crippen LogP contribution is -1.95. The summed E-state index contributed by atoms with van der Waals surface area (Å²) >= 11 is 0. The first kappa shape index (κ1) is 29.1. The summed E-state index contributed by atoms with van der Waals surface area (Å²) < 4.78 is 4.48. The number of fused-ring (bicyclic) bond motifs is 6. The Morgan fingerprint density at radius 3 is 1.80 bits per heavy atom. The van der Waals surface area contributed by atoms with E-state index in [4.69, 9.17) is 0 Å². The molecule has 5 heterocycles. The molecule has 0 saturated heterocycles. The van der Waals surface area contributed by atoms with Crippen molar-refractivity contribution in [2.45, 2.75) is 34.1 Å². The third-order valence-electron chi connectivity index (χ3n) is 8.43. The molecular weight excluding hydrogens is 538 g/mol. The largest absolute Gasteiger partial charge is 0.343 e. The lowest BCUT2D eigenvalue weighted by atomic mass is 9.93. The predicted octanol–water partition coefficient (Wildman–Crippen LogP) is 9.83. The number of allylic oxidation sites excluding steroid dienone is 4. The van der Waals surface area contributed by atoms with E-state index in [1.54, 1.807) is 0 Å². The van der Waals surface area contributed by atoms with Gasteiger partial charge < -0.3 is 9.13 Å². The van der Waals surface area contributed by atoms with Gasteiger partial charge in [-0.3, -0.25) is 15.0 Å². The van der Waals surface area contributed by atoms with Crippen molar-refractivity contribution in [2.75, 3.05) is 0 Å². The summed E-state index contributed by atoms with van der Waals surface area (Å²) in [6.07, 6.45) is 19.4. The Hall–Kier alpha value is -5.03. The van der Waals surface area contributed by atoms with Crippen molar-refractivity contribution in [1.82, 2.24) is 24.1 Å². The third kappa shape index (κ3) is 5.30.